The summed E-state index contributed by atoms with van der Waals surface area (Å²) in [6, 6.07) is 12.5. The number of benzene rings is 1. The Kier molecular flexibility index (Phi) is 6.64. The van der Waals surface area contributed by atoms with Gasteiger partial charge in [0.15, 0.2) is 0 Å². The molecule has 0 saturated heterocycles. The van der Waals surface area contributed by atoms with E-state index in [2.05, 4.69) is 44.9 Å². The van der Waals surface area contributed by atoms with Gasteiger partial charge in [0.25, 0.3) is 0 Å². The fourth-order valence-corrected chi connectivity index (χ4v) is 2.16. The van der Waals surface area contributed by atoms with Crippen LogP contribution in [0.5, 0.6) is 0 Å². The van der Waals surface area contributed by atoms with Crippen molar-refractivity contribution >= 4 is 11.8 Å². The van der Waals surface area contributed by atoms with Gasteiger partial charge in [-0.3, -0.25) is 0 Å². The van der Waals surface area contributed by atoms with Gasteiger partial charge in [-0.05, 0) is 25.3 Å². The van der Waals surface area contributed by atoms with E-state index in [-0.39, 0.29) is 0 Å². The molecule has 2 aromatic rings. The van der Waals surface area contributed by atoms with Crippen LogP contribution in [0.2, 0.25) is 0 Å². The molecule has 0 aliphatic rings. The maximum absolute atomic E-state index is 5.01. The van der Waals surface area contributed by atoms with E-state index in [0.717, 1.165) is 30.9 Å². The van der Waals surface area contributed by atoms with Crippen LogP contribution >= 0.6 is 0 Å². The van der Waals surface area contributed by atoms with Crippen LogP contribution < -0.4 is 10.6 Å². The van der Waals surface area contributed by atoms with Gasteiger partial charge in [-0.25, -0.2) is 4.98 Å². The monoisotopic (exact) mass is 300 g/mol. The lowest BCUT2D eigenvalue weighted by molar-refractivity contribution is 0.210. The second-order valence-electron chi connectivity index (χ2n) is 5.15. The molecule has 5 nitrogen and oxygen atoms in total. The zero-order valence-corrected chi connectivity index (χ0v) is 13.3. The first-order valence-electron chi connectivity index (χ1n) is 7.64. The molecule has 2 N–H and O–H groups in total. The molecule has 0 radical (unpaired) electrons. The van der Waals surface area contributed by atoms with E-state index in [1.54, 1.807) is 7.11 Å². The van der Waals surface area contributed by atoms with Gasteiger partial charge in [0.05, 0.1) is 6.61 Å². The van der Waals surface area contributed by atoms with Gasteiger partial charge in [0.2, 0.25) is 5.95 Å². The summed E-state index contributed by atoms with van der Waals surface area (Å²) >= 11 is 0. The summed E-state index contributed by atoms with van der Waals surface area (Å²) in [6.07, 6.45) is 2.14. The van der Waals surface area contributed by atoms with Crippen molar-refractivity contribution in [3.05, 3.63) is 47.7 Å². The smallest absolute Gasteiger partial charge is 0.224 e. The molecule has 0 spiro atoms. The first-order chi connectivity index (χ1) is 10.8. The van der Waals surface area contributed by atoms with Crippen molar-refractivity contribution in [2.75, 3.05) is 37.4 Å². The van der Waals surface area contributed by atoms with Gasteiger partial charge >= 0.3 is 0 Å². The third-order valence-corrected chi connectivity index (χ3v) is 3.23. The summed E-state index contributed by atoms with van der Waals surface area (Å²) in [5, 5.41) is 6.52. The van der Waals surface area contributed by atoms with Crippen LogP contribution in [0.25, 0.3) is 0 Å². The Balaban J connectivity index is 1.79. The number of rotatable bonds is 9. The second-order valence-corrected chi connectivity index (χ2v) is 5.15. The standard InChI is InChI=1S/C17H24N4O/c1-14-13-16(21-17(20-14)19-11-12-22-2)18-10-6-9-15-7-4-3-5-8-15/h3-5,7-8,13H,6,9-12H2,1-2H3,(H2,18,19,20,21). The fraction of sp³-hybridized carbons (Fsp3) is 0.412. The van der Waals surface area contributed by atoms with Crippen molar-refractivity contribution < 1.29 is 4.74 Å². The maximum Gasteiger partial charge on any atom is 0.224 e. The van der Waals surface area contributed by atoms with Crippen molar-refractivity contribution in [3.8, 4) is 0 Å². The quantitative estimate of drug-likeness (QED) is 0.697. The Morgan fingerprint density at radius 1 is 1.05 bits per heavy atom. The minimum absolute atomic E-state index is 0.636. The predicted molar refractivity (Wildman–Crippen MR) is 90.4 cm³/mol. The van der Waals surface area contributed by atoms with E-state index < -0.39 is 0 Å². The number of nitrogens with zero attached hydrogens (tertiary/aromatic N) is 2. The van der Waals surface area contributed by atoms with Crippen LogP contribution in [-0.2, 0) is 11.2 Å². The fourth-order valence-electron chi connectivity index (χ4n) is 2.16. The molecular formula is C17H24N4O. The highest BCUT2D eigenvalue weighted by atomic mass is 16.5. The summed E-state index contributed by atoms with van der Waals surface area (Å²) in [4.78, 5) is 8.82. The molecule has 5 heteroatoms. The maximum atomic E-state index is 5.01. The third kappa shape index (κ3) is 5.69. The van der Waals surface area contributed by atoms with Gasteiger partial charge in [0.1, 0.15) is 5.82 Å². The van der Waals surface area contributed by atoms with Crippen LogP contribution in [0.15, 0.2) is 36.4 Å². The molecule has 1 aromatic carbocycles. The Labute approximate surface area is 132 Å². The topological polar surface area (TPSA) is 59.1 Å². The largest absolute Gasteiger partial charge is 0.383 e. The molecular weight excluding hydrogens is 276 g/mol. The molecule has 0 aliphatic carbocycles. The van der Waals surface area contributed by atoms with Gasteiger partial charge in [-0.15, -0.1) is 0 Å². The summed E-state index contributed by atoms with van der Waals surface area (Å²) in [5.41, 5.74) is 2.31. The number of methoxy groups -OCH3 is 1. The number of anilines is 2. The summed E-state index contributed by atoms with van der Waals surface area (Å²) in [5.74, 6) is 1.50. The van der Waals surface area contributed by atoms with Crippen molar-refractivity contribution in [3.63, 3.8) is 0 Å². The highest BCUT2D eigenvalue weighted by molar-refractivity contribution is 5.42. The average Bonchev–Trinajstić information content (AvgIpc) is 2.52. The van der Waals surface area contributed by atoms with Crippen LogP contribution in [0.3, 0.4) is 0 Å². The van der Waals surface area contributed by atoms with Crippen molar-refractivity contribution in [2.45, 2.75) is 19.8 Å². The molecule has 1 aromatic heterocycles. The molecule has 0 atom stereocenters. The lowest BCUT2D eigenvalue weighted by Gasteiger charge is -2.09. The Hall–Kier alpha value is -2.14. The number of ether oxygens (including phenoxy) is 1. The van der Waals surface area contributed by atoms with Crippen LogP contribution in [0.4, 0.5) is 11.8 Å². The third-order valence-electron chi connectivity index (χ3n) is 3.23. The molecule has 0 bridgehead atoms. The Morgan fingerprint density at radius 2 is 1.86 bits per heavy atom. The predicted octanol–water partition coefficient (Wildman–Crippen LogP) is 2.89. The molecule has 118 valence electrons. The SMILES string of the molecule is COCCNc1nc(C)cc(NCCCc2ccccc2)n1. The molecule has 0 saturated carbocycles. The molecule has 0 aliphatic heterocycles. The van der Waals surface area contributed by atoms with E-state index in [1.807, 2.05) is 19.1 Å². The molecule has 0 unspecified atom stereocenters. The number of hydrogen-bond donors (Lipinski definition) is 2. The lowest BCUT2D eigenvalue weighted by atomic mass is 10.1. The van der Waals surface area contributed by atoms with Crippen LogP contribution in [0.1, 0.15) is 17.7 Å². The normalized spacial score (nSPS) is 10.5. The van der Waals surface area contributed by atoms with Crippen molar-refractivity contribution in [1.29, 1.82) is 0 Å². The van der Waals surface area contributed by atoms with Crippen LogP contribution in [0, 0.1) is 6.92 Å². The summed E-state index contributed by atoms with van der Waals surface area (Å²) in [7, 11) is 1.68. The van der Waals surface area contributed by atoms with Crippen molar-refractivity contribution in [1.82, 2.24) is 9.97 Å². The minimum atomic E-state index is 0.636. The zero-order chi connectivity index (χ0) is 15.6. The number of nitrogens with one attached hydrogen (secondary N) is 2. The summed E-state index contributed by atoms with van der Waals surface area (Å²) in [6.45, 7) is 4.20. The Bertz CT molecular complexity index is 560. The van der Waals surface area contributed by atoms with E-state index >= 15 is 0 Å². The molecule has 1 heterocycles. The number of hydrogen-bond acceptors (Lipinski definition) is 5. The van der Waals surface area contributed by atoms with Crippen molar-refractivity contribution in [2.24, 2.45) is 0 Å². The van der Waals surface area contributed by atoms with E-state index in [9.17, 15) is 0 Å². The van der Waals surface area contributed by atoms with Gasteiger partial charge in [0, 0.05) is 32.0 Å². The molecule has 0 amide bonds. The van der Waals surface area contributed by atoms with Gasteiger partial charge < -0.3 is 15.4 Å². The highest BCUT2D eigenvalue weighted by Crippen LogP contribution is 2.10. The van der Waals surface area contributed by atoms with Crippen LogP contribution in [-0.4, -0.2) is 36.8 Å². The highest BCUT2D eigenvalue weighted by Gasteiger charge is 2.01. The minimum Gasteiger partial charge on any atom is -0.383 e. The van der Waals surface area contributed by atoms with E-state index in [0.29, 0.717) is 19.1 Å². The first kappa shape index (κ1) is 16.2. The average molecular weight is 300 g/mol. The van der Waals surface area contributed by atoms with Gasteiger partial charge in [-0.2, -0.15) is 4.98 Å². The molecule has 22 heavy (non-hydrogen) atoms. The lowest BCUT2D eigenvalue weighted by Crippen LogP contribution is -2.12. The number of aryl methyl sites for hydroxylation is 2. The van der Waals surface area contributed by atoms with E-state index in [1.165, 1.54) is 5.56 Å². The second kappa shape index (κ2) is 9.00. The van der Waals surface area contributed by atoms with E-state index in [4.69, 9.17) is 4.74 Å². The molecule has 0 fully saturated rings. The van der Waals surface area contributed by atoms with Gasteiger partial charge in [-0.1, -0.05) is 30.3 Å². The molecule has 2 rings (SSSR count). The Morgan fingerprint density at radius 3 is 2.64 bits per heavy atom. The first-order valence-corrected chi connectivity index (χ1v) is 7.64. The zero-order valence-electron chi connectivity index (χ0n) is 13.3. The number of aromatic nitrogens is 2. The summed E-state index contributed by atoms with van der Waals surface area (Å²) < 4.78 is 5.01.